The van der Waals surface area contributed by atoms with Gasteiger partial charge >= 0.3 is 0 Å². The van der Waals surface area contributed by atoms with E-state index in [-0.39, 0.29) is 6.29 Å². The van der Waals surface area contributed by atoms with Crippen molar-refractivity contribution in [3.63, 3.8) is 0 Å². The minimum atomic E-state index is -1.51. The second-order valence-electron chi connectivity index (χ2n) is 9.30. The van der Waals surface area contributed by atoms with Gasteiger partial charge in [0.05, 0.1) is 13.2 Å². The van der Waals surface area contributed by atoms with Crippen molar-refractivity contribution >= 4 is 0 Å². The monoisotopic (exact) mass is 396 g/mol. The third kappa shape index (κ3) is 6.95. The maximum absolute atomic E-state index is 12.3. The van der Waals surface area contributed by atoms with Crippen LogP contribution in [0.4, 0.5) is 8.78 Å². The lowest BCUT2D eigenvalue weighted by Crippen LogP contribution is -2.31. The van der Waals surface area contributed by atoms with Gasteiger partial charge in [0.25, 0.3) is 6.08 Å². The number of hydrogen-bond acceptors (Lipinski definition) is 2. The molecule has 3 rings (SSSR count). The van der Waals surface area contributed by atoms with Crippen LogP contribution in [0.3, 0.4) is 0 Å². The Hall–Kier alpha value is -0.740. The Morgan fingerprint density at radius 1 is 0.786 bits per heavy atom. The van der Waals surface area contributed by atoms with E-state index in [2.05, 4.69) is 0 Å². The highest BCUT2D eigenvalue weighted by atomic mass is 19.3. The van der Waals surface area contributed by atoms with Crippen LogP contribution in [0.15, 0.2) is 24.3 Å². The molecule has 1 heterocycles. The molecule has 1 saturated heterocycles. The van der Waals surface area contributed by atoms with Gasteiger partial charge in [0, 0.05) is 5.92 Å². The lowest BCUT2D eigenvalue weighted by molar-refractivity contribution is -0.175. The Balaban J connectivity index is 1.28. The molecule has 3 fully saturated rings. The van der Waals surface area contributed by atoms with Crippen molar-refractivity contribution in [2.24, 2.45) is 29.6 Å². The lowest BCUT2D eigenvalue weighted by atomic mass is 9.68. The van der Waals surface area contributed by atoms with Crippen molar-refractivity contribution in [2.75, 3.05) is 13.2 Å². The lowest BCUT2D eigenvalue weighted by Gasteiger charge is -2.38. The number of halogens is 2. The number of hydrogen-bond donors (Lipinski definition) is 0. The zero-order chi connectivity index (χ0) is 19.8. The average Bonchev–Trinajstić information content (AvgIpc) is 2.73. The van der Waals surface area contributed by atoms with E-state index in [1.807, 2.05) is 19.1 Å². The second kappa shape index (κ2) is 11.4. The van der Waals surface area contributed by atoms with Crippen LogP contribution in [0.25, 0.3) is 0 Å². The predicted molar refractivity (Wildman–Crippen MR) is 109 cm³/mol. The first kappa shape index (κ1) is 22.0. The Morgan fingerprint density at radius 2 is 1.32 bits per heavy atom. The standard InChI is InChI=1S/C24H38F2O2/c1-2-3-24-27-16-20(17-28-24)5-4-18-6-11-21(12-7-18)22-13-8-19(9-14-22)10-15-23(25)26/h2-3,15,18-22,24H,4-14,16-17H2,1H3. The number of ether oxygens (including phenoxy) is 2. The average molecular weight is 397 g/mol. The van der Waals surface area contributed by atoms with Gasteiger partial charge in [-0.1, -0.05) is 25.3 Å². The molecule has 0 aromatic carbocycles. The molecule has 4 heteroatoms. The van der Waals surface area contributed by atoms with Gasteiger partial charge < -0.3 is 9.47 Å². The van der Waals surface area contributed by atoms with Crippen LogP contribution < -0.4 is 0 Å². The molecule has 0 unspecified atom stereocenters. The van der Waals surface area contributed by atoms with Crippen molar-refractivity contribution < 1.29 is 18.3 Å². The first-order valence-electron chi connectivity index (χ1n) is 11.5. The quantitative estimate of drug-likeness (QED) is 0.427. The van der Waals surface area contributed by atoms with E-state index in [0.29, 0.717) is 18.3 Å². The van der Waals surface area contributed by atoms with Gasteiger partial charge in [-0.15, -0.1) is 0 Å². The molecule has 2 saturated carbocycles. The molecule has 0 atom stereocenters. The number of allylic oxidation sites excluding steroid dienone is 2. The van der Waals surface area contributed by atoms with Crippen LogP contribution in [0, 0.1) is 29.6 Å². The van der Waals surface area contributed by atoms with Crippen LogP contribution in [0.1, 0.15) is 77.6 Å². The third-order valence-electron chi connectivity index (χ3n) is 7.38. The molecule has 0 radical (unpaired) electrons. The van der Waals surface area contributed by atoms with Crippen molar-refractivity contribution in [1.29, 1.82) is 0 Å². The highest BCUT2D eigenvalue weighted by Gasteiger charge is 2.31. The van der Waals surface area contributed by atoms with Crippen LogP contribution in [-0.2, 0) is 9.47 Å². The van der Waals surface area contributed by atoms with Crippen LogP contribution in [0.5, 0.6) is 0 Å². The van der Waals surface area contributed by atoms with Crippen molar-refractivity contribution in [1.82, 2.24) is 0 Å². The normalized spacial score (nSPS) is 37.1. The van der Waals surface area contributed by atoms with E-state index >= 15 is 0 Å². The summed E-state index contributed by atoms with van der Waals surface area (Å²) in [4.78, 5) is 0. The molecule has 2 aliphatic carbocycles. The molecule has 0 N–H and O–H groups in total. The molecule has 0 bridgehead atoms. The Kier molecular flexibility index (Phi) is 8.98. The molecule has 28 heavy (non-hydrogen) atoms. The van der Waals surface area contributed by atoms with E-state index < -0.39 is 6.08 Å². The Morgan fingerprint density at radius 3 is 1.86 bits per heavy atom. The molecular weight excluding hydrogens is 358 g/mol. The predicted octanol–water partition coefficient (Wildman–Crippen LogP) is 7.12. The van der Waals surface area contributed by atoms with Crippen LogP contribution >= 0.6 is 0 Å². The topological polar surface area (TPSA) is 18.5 Å². The Bertz CT molecular complexity index is 491. The molecular formula is C24H38F2O2. The van der Waals surface area contributed by atoms with Gasteiger partial charge in [-0.05, 0) is 94.1 Å². The van der Waals surface area contributed by atoms with Gasteiger partial charge in [0.1, 0.15) is 0 Å². The minimum Gasteiger partial charge on any atom is -0.349 e. The molecule has 3 aliphatic rings. The first-order valence-corrected chi connectivity index (χ1v) is 11.5. The maximum Gasteiger partial charge on any atom is 0.266 e. The second-order valence-corrected chi connectivity index (χ2v) is 9.30. The fraction of sp³-hybridized carbons (Fsp3) is 0.833. The summed E-state index contributed by atoms with van der Waals surface area (Å²) in [7, 11) is 0. The van der Waals surface area contributed by atoms with Gasteiger partial charge in [0.2, 0.25) is 0 Å². The summed E-state index contributed by atoms with van der Waals surface area (Å²) >= 11 is 0. The maximum atomic E-state index is 12.3. The van der Waals surface area contributed by atoms with E-state index in [0.717, 1.165) is 49.9 Å². The SMILES string of the molecule is CC=CC1OCC(CCC2CCC(C3CCC(CC=C(F)F)CC3)CC2)CO1. The summed E-state index contributed by atoms with van der Waals surface area (Å²) in [6, 6.07) is 0. The van der Waals surface area contributed by atoms with E-state index in [4.69, 9.17) is 9.47 Å². The fourth-order valence-corrected chi connectivity index (χ4v) is 5.56. The summed E-state index contributed by atoms with van der Waals surface area (Å²) in [5, 5.41) is 0. The van der Waals surface area contributed by atoms with Gasteiger partial charge in [-0.3, -0.25) is 0 Å². The van der Waals surface area contributed by atoms with E-state index in [1.165, 1.54) is 51.4 Å². The van der Waals surface area contributed by atoms with E-state index in [1.54, 1.807) is 0 Å². The summed E-state index contributed by atoms with van der Waals surface area (Å²) in [5.41, 5.74) is 0. The van der Waals surface area contributed by atoms with Gasteiger partial charge in [0.15, 0.2) is 6.29 Å². The first-order chi connectivity index (χ1) is 13.6. The number of rotatable bonds is 7. The van der Waals surface area contributed by atoms with E-state index in [9.17, 15) is 8.78 Å². The summed E-state index contributed by atoms with van der Waals surface area (Å²) in [5.74, 6) is 3.64. The largest absolute Gasteiger partial charge is 0.349 e. The summed E-state index contributed by atoms with van der Waals surface area (Å²) in [6.07, 6.45) is 16.8. The van der Waals surface area contributed by atoms with Crippen molar-refractivity contribution in [3.05, 3.63) is 24.3 Å². The van der Waals surface area contributed by atoms with Crippen molar-refractivity contribution in [2.45, 2.75) is 83.8 Å². The third-order valence-corrected chi connectivity index (χ3v) is 7.38. The molecule has 1 aliphatic heterocycles. The highest BCUT2D eigenvalue weighted by molar-refractivity contribution is 4.88. The zero-order valence-corrected chi connectivity index (χ0v) is 17.5. The van der Waals surface area contributed by atoms with Gasteiger partial charge in [-0.2, -0.15) is 8.78 Å². The summed E-state index contributed by atoms with van der Waals surface area (Å²) < 4.78 is 36.0. The van der Waals surface area contributed by atoms with Gasteiger partial charge in [-0.25, -0.2) is 0 Å². The highest BCUT2D eigenvalue weighted by Crippen LogP contribution is 2.43. The molecule has 160 valence electrons. The zero-order valence-electron chi connectivity index (χ0n) is 17.5. The van der Waals surface area contributed by atoms with Crippen molar-refractivity contribution in [3.8, 4) is 0 Å². The molecule has 0 aromatic rings. The molecule has 0 aromatic heterocycles. The minimum absolute atomic E-state index is 0.140. The molecule has 0 amide bonds. The van der Waals surface area contributed by atoms with Crippen LogP contribution in [-0.4, -0.2) is 19.5 Å². The summed E-state index contributed by atoms with van der Waals surface area (Å²) in [6.45, 7) is 3.65. The van der Waals surface area contributed by atoms with Crippen LogP contribution in [0.2, 0.25) is 0 Å². The molecule has 2 nitrogen and oxygen atoms in total. The smallest absolute Gasteiger partial charge is 0.266 e. The Labute approximate surface area is 169 Å². The molecule has 0 spiro atoms. The fourth-order valence-electron chi connectivity index (χ4n) is 5.56.